The third-order valence-corrected chi connectivity index (χ3v) is 9.64. The van der Waals surface area contributed by atoms with Crippen molar-refractivity contribution in [2.75, 3.05) is 6.54 Å². The van der Waals surface area contributed by atoms with E-state index >= 15 is 0 Å². The van der Waals surface area contributed by atoms with Gasteiger partial charge in [-0.05, 0) is 49.1 Å². The van der Waals surface area contributed by atoms with E-state index in [0.717, 1.165) is 42.2 Å². The van der Waals surface area contributed by atoms with Gasteiger partial charge in [-0.25, -0.2) is 4.98 Å². The minimum Gasteiger partial charge on any atom is -0.481 e. The number of carboxylic acids is 1. The maximum absolute atomic E-state index is 12.8. The van der Waals surface area contributed by atoms with Gasteiger partial charge < -0.3 is 15.2 Å². The highest BCUT2D eigenvalue weighted by Gasteiger charge is 2.50. The Morgan fingerprint density at radius 3 is 2.62 bits per heavy atom. The second kappa shape index (κ2) is 12.5. The van der Waals surface area contributed by atoms with E-state index in [1.807, 2.05) is 23.6 Å². The zero-order chi connectivity index (χ0) is 25.6. The highest BCUT2D eigenvalue weighted by atomic mass is 32.1. The van der Waals surface area contributed by atoms with Gasteiger partial charge in [0.1, 0.15) is 5.69 Å². The maximum Gasteiger partial charge on any atom is 0.303 e. The minimum atomic E-state index is -0.770. The van der Waals surface area contributed by atoms with E-state index in [9.17, 15) is 9.59 Å². The first-order valence-corrected chi connectivity index (χ1v) is 15.1. The Morgan fingerprint density at radius 1 is 1.03 bits per heavy atom. The Labute approximate surface area is 224 Å². The molecule has 1 amide bonds. The molecule has 37 heavy (non-hydrogen) atoms. The molecule has 2 bridgehead atoms. The number of carboxylic acid groups (broad SMARTS) is 1. The molecule has 200 valence electrons. The molecule has 4 unspecified atom stereocenters. The van der Waals surface area contributed by atoms with Crippen molar-refractivity contribution in [1.82, 2.24) is 10.3 Å². The summed E-state index contributed by atoms with van der Waals surface area (Å²) in [4.78, 5) is 28.7. The Hall–Kier alpha value is -2.25. The molecular weight excluding hydrogens is 484 g/mol. The van der Waals surface area contributed by atoms with Crippen LogP contribution in [-0.2, 0) is 22.4 Å². The summed E-state index contributed by atoms with van der Waals surface area (Å²) in [7, 11) is 0. The molecule has 1 aliphatic carbocycles. The third kappa shape index (κ3) is 6.61. The molecular formula is C30H40N2O4S. The SMILES string of the molecule is O=C(O)CCc1ccccc1CC1C2CCC(O2)C1c1nc(C(=O)NCCCCC2CCCCC2)cs1. The summed E-state index contributed by atoms with van der Waals surface area (Å²) in [5, 5.41) is 15.1. The van der Waals surface area contributed by atoms with Crippen molar-refractivity contribution in [2.24, 2.45) is 11.8 Å². The first-order chi connectivity index (χ1) is 18.1. The van der Waals surface area contributed by atoms with Crippen LogP contribution >= 0.6 is 11.3 Å². The van der Waals surface area contributed by atoms with Crippen LogP contribution in [0.3, 0.4) is 0 Å². The fraction of sp³-hybridized carbons (Fsp3) is 0.633. The van der Waals surface area contributed by atoms with Crippen molar-refractivity contribution in [1.29, 1.82) is 0 Å². The lowest BCUT2D eigenvalue weighted by Crippen LogP contribution is -2.28. The van der Waals surface area contributed by atoms with Gasteiger partial charge in [0, 0.05) is 30.2 Å². The van der Waals surface area contributed by atoms with Crippen LogP contribution in [0.5, 0.6) is 0 Å². The Kier molecular flexibility index (Phi) is 8.93. The van der Waals surface area contributed by atoms with Crippen molar-refractivity contribution >= 4 is 23.2 Å². The zero-order valence-electron chi connectivity index (χ0n) is 21.7. The normalized spacial score (nSPS) is 25.4. The number of unbranched alkanes of at least 4 members (excludes halogenated alkanes) is 1. The van der Waals surface area contributed by atoms with Gasteiger partial charge in [-0.1, -0.05) is 69.2 Å². The minimum absolute atomic E-state index is 0.0696. The summed E-state index contributed by atoms with van der Waals surface area (Å²) in [6, 6.07) is 8.18. The molecule has 2 N–H and O–H groups in total. The second-order valence-corrected chi connectivity index (χ2v) is 12.1. The lowest BCUT2D eigenvalue weighted by atomic mass is 9.75. The average Bonchev–Trinajstić information content (AvgIpc) is 3.65. The number of fused-ring (bicyclic) bond motifs is 2. The predicted octanol–water partition coefficient (Wildman–Crippen LogP) is 6.14. The van der Waals surface area contributed by atoms with Gasteiger partial charge >= 0.3 is 5.97 Å². The van der Waals surface area contributed by atoms with Crippen LogP contribution in [0.25, 0.3) is 0 Å². The quantitative estimate of drug-likeness (QED) is 0.325. The molecule has 3 aliphatic rings. The number of hydrogen-bond donors (Lipinski definition) is 2. The van der Waals surface area contributed by atoms with E-state index in [4.69, 9.17) is 14.8 Å². The fourth-order valence-corrected chi connectivity index (χ4v) is 7.77. The van der Waals surface area contributed by atoms with E-state index in [0.29, 0.717) is 24.6 Å². The third-order valence-electron chi connectivity index (χ3n) is 8.70. The number of aromatic nitrogens is 1. The molecule has 6 nitrogen and oxygen atoms in total. The Balaban J connectivity index is 1.17. The van der Waals surface area contributed by atoms with Crippen LogP contribution < -0.4 is 5.32 Å². The number of hydrogen-bond acceptors (Lipinski definition) is 5. The molecule has 7 heteroatoms. The average molecular weight is 525 g/mol. The van der Waals surface area contributed by atoms with Crippen molar-refractivity contribution < 1.29 is 19.4 Å². The maximum atomic E-state index is 12.8. The molecule has 1 saturated carbocycles. The standard InChI is InChI=1S/C30H40N2O4S/c33-27(34)16-13-21-11-4-5-12-22(21)18-23-25-14-15-26(36-25)28(23)30-32-24(19-37-30)29(35)31-17-7-6-10-20-8-2-1-3-9-20/h4-5,11-12,19-20,23,25-26,28H,1-3,6-10,13-18H2,(H,31,35)(H,33,34). The van der Waals surface area contributed by atoms with E-state index in [-0.39, 0.29) is 30.5 Å². The van der Waals surface area contributed by atoms with Crippen LogP contribution in [0.1, 0.15) is 103 Å². The summed E-state index contributed by atoms with van der Waals surface area (Å²) in [5.74, 6) is 0.542. The molecule has 1 aromatic heterocycles. The Morgan fingerprint density at radius 2 is 1.81 bits per heavy atom. The zero-order valence-corrected chi connectivity index (χ0v) is 22.5. The molecule has 4 atom stereocenters. The number of aryl methyl sites for hydroxylation is 1. The smallest absolute Gasteiger partial charge is 0.303 e. The van der Waals surface area contributed by atoms with E-state index in [1.165, 1.54) is 50.5 Å². The highest BCUT2D eigenvalue weighted by molar-refractivity contribution is 7.10. The molecule has 2 saturated heterocycles. The van der Waals surface area contributed by atoms with Crippen molar-refractivity contribution in [3.05, 3.63) is 51.5 Å². The fourth-order valence-electron chi connectivity index (χ4n) is 6.74. The molecule has 3 fully saturated rings. The Bertz CT molecular complexity index is 1060. The van der Waals surface area contributed by atoms with E-state index < -0.39 is 5.97 Å². The van der Waals surface area contributed by atoms with Gasteiger partial charge in [0.05, 0.1) is 17.2 Å². The summed E-state index contributed by atoms with van der Waals surface area (Å²) in [6.07, 6.45) is 14.4. The van der Waals surface area contributed by atoms with Crippen molar-refractivity contribution in [2.45, 2.75) is 102 Å². The summed E-state index contributed by atoms with van der Waals surface area (Å²) in [5.41, 5.74) is 2.84. The predicted molar refractivity (Wildman–Crippen MR) is 145 cm³/mol. The molecule has 0 radical (unpaired) electrons. The van der Waals surface area contributed by atoms with Gasteiger partial charge in [-0.3, -0.25) is 9.59 Å². The molecule has 0 spiro atoms. The number of nitrogens with zero attached hydrogens (tertiary/aromatic N) is 1. The number of nitrogens with one attached hydrogen (secondary N) is 1. The van der Waals surface area contributed by atoms with Crippen molar-refractivity contribution in [3.8, 4) is 0 Å². The summed E-state index contributed by atoms with van der Waals surface area (Å²) >= 11 is 1.58. The number of carbonyl (C=O) groups is 2. The number of thiazole rings is 1. The topological polar surface area (TPSA) is 88.5 Å². The van der Waals surface area contributed by atoms with Gasteiger partial charge in [0.15, 0.2) is 0 Å². The largest absolute Gasteiger partial charge is 0.481 e. The first kappa shape index (κ1) is 26.4. The van der Waals surface area contributed by atoms with Gasteiger partial charge in [-0.15, -0.1) is 11.3 Å². The molecule has 2 aliphatic heterocycles. The van der Waals surface area contributed by atoms with Gasteiger partial charge in [-0.2, -0.15) is 0 Å². The molecule has 3 heterocycles. The van der Waals surface area contributed by atoms with Gasteiger partial charge in [0.2, 0.25) is 0 Å². The van der Waals surface area contributed by atoms with Crippen LogP contribution in [-0.4, -0.2) is 40.7 Å². The number of aliphatic carboxylic acids is 1. The van der Waals surface area contributed by atoms with E-state index in [2.05, 4.69) is 11.4 Å². The first-order valence-electron chi connectivity index (χ1n) is 14.3. The van der Waals surface area contributed by atoms with E-state index in [1.54, 1.807) is 11.3 Å². The van der Waals surface area contributed by atoms with Crippen LogP contribution in [0.15, 0.2) is 29.6 Å². The van der Waals surface area contributed by atoms with Gasteiger partial charge in [0.25, 0.3) is 5.91 Å². The lowest BCUT2D eigenvalue weighted by molar-refractivity contribution is -0.136. The van der Waals surface area contributed by atoms with Crippen LogP contribution in [0.2, 0.25) is 0 Å². The number of amides is 1. The number of ether oxygens (including phenoxy) is 1. The summed E-state index contributed by atoms with van der Waals surface area (Å²) < 4.78 is 6.35. The van der Waals surface area contributed by atoms with Crippen LogP contribution in [0, 0.1) is 11.8 Å². The lowest BCUT2D eigenvalue weighted by Gasteiger charge is -2.27. The highest BCUT2D eigenvalue weighted by Crippen LogP contribution is 2.50. The molecule has 2 aromatic rings. The number of rotatable bonds is 12. The molecule has 1 aromatic carbocycles. The number of benzene rings is 1. The second-order valence-electron chi connectivity index (χ2n) is 11.2. The number of carbonyl (C=O) groups excluding carboxylic acids is 1. The van der Waals surface area contributed by atoms with Crippen LogP contribution in [0.4, 0.5) is 0 Å². The monoisotopic (exact) mass is 524 g/mol. The summed E-state index contributed by atoms with van der Waals surface area (Å²) in [6.45, 7) is 0.714. The molecule has 5 rings (SSSR count). The van der Waals surface area contributed by atoms with Crippen molar-refractivity contribution in [3.63, 3.8) is 0 Å².